The van der Waals surface area contributed by atoms with Gasteiger partial charge in [-0.05, 0) is 43.5 Å². The average molecular weight is 429 g/mol. The molecule has 7 nitrogen and oxygen atoms in total. The summed E-state index contributed by atoms with van der Waals surface area (Å²) in [7, 11) is 0. The van der Waals surface area contributed by atoms with Crippen LogP contribution >= 0.6 is 0 Å². The highest BCUT2D eigenvalue weighted by molar-refractivity contribution is 5.99. The average Bonchev–Trinajstić information content (AvgIpc) is 3.44. The third kappa shape index (κ3) is 2.60. The number of esters is 1. The maximum absolute atomic E-state index is 13.8. The van der Waals surface area contributed by atoms with Crippen molar-refractivity contribution < 1.29 is 19.1 Å². The fraction of sp³-hybridized carbons (Fsp3) is 0.360. The molecule has 2 fully saturated rings. The van der Waals surface area contributed by atoms with E-state index in [1.807, 2.05) is 48.2 Å². The van der Waals surface area contributed by atoms with Gasteiger partial charge >= 0.3 is 5.97 Å². The molecule has 6 rings (SSSR count). The monoisotopic (exact) mass is 429 g/mol. The zero-order valence-electron chi connectivity index (χ0n) is 17.8. The Kier molecular flexibility index (Phi) is 4.06. The molecule has 0 bridgehead atoms. The number of benzene rings is 1. The summed E-state index contributed by atoms with van der Waals surface area (Å²) in [5.41, 5.74) is 1.76. The van der Waals surface area contributed by atoms with E-state index in [0.717, 1.165) is 34.9 Å². The van der Waals surface area contributed by atoms with Crippen molar-refractivity contribution in [3.05, 3.63) is 65.5 Å². The normalized spacial score (nSPS) is 22.8. The van der Waals surface area contributed by atoms with Crippen LogP contribution in [0.5, 0.6) is 5.88 Å². The lowest BCUT2D eigenvalue weighted by molar-refractivity contribution is -0.134. The number of likely N-dealkylation sites (tertiary alicyclic amines) is 1. The molecule has 3 aliphatic rings. The first-order valence-electron chi connectivity index (χ1n) is 11.1. The van der Waals surface area contributed by atoms with E-state index in [2.05, 4.69) is 9.97 Å². The number of rotatable bonds is 4. The Bertz CT molecular complexity index is 1260. The Hall–Kier alpha value is -3.48. The topological polar surface area (TPSA) is 81.6 Å². The molecule has 1 saturated carbocycles. The zero-order chi connectivity index (χ0) is 21.9. The molecule has 1 atom stereocenters. The van der Waals surface area contributed by atoms with E-state index in [-0.39, 0.29) is 5.91 Å². The van der Waals surface area contributed by atoms with Crippen LogP contribution in [0, 0.1) is 0 Å². The number of fused-ring (bicyclic) bond motifs is 3. The summed E-state index contributed by atoms with van der Waals surface area (Å²) in [6.07, 6.45) is 5.63. The summed E-state index contributed by atoms with van der Waals surface area (Å²) in [5.74, 6) is -0.0139. The van der Waals surface area contributed by atoms with Crippen LogP contribution in [-0.2, 0) is 20.5 Å². The molecule has 3 aromatic rings. The molecule has 2 aliphatic heterocycles. The number of ether oxygens (including phenoxy) is 2. The number of aromatic nitrogens is 2. The first-order valence-corrected chi connectivity index (χ1v) is 11.1. The molecule has 162 valence electrons. The summed E-state index contributed by atoms with van der Waals surface area (Å²) in [4.78, 5) is 37.1. The number of nitrogens with zero attached hydrogens (tertiary/aromatic N) is 3. The first kappa shape index (κ1) is 19.2. The Labute approximate surface area is 185 Å². The van der Waals surface area contributed by atoms with Crippen molar-refractivity contribution in [3.8, 4) is 5.88 Å². The van der Waals surface area contributed by atoms with Crippen molar-refractivity contribution in [2.24, 2.45) is 0 Å². The van der Waals surface area contributed by atoms with Crippen LogP contribution < -0.4 is 4.74 Å². The van der Waals surface area contributed by atoms with Crippen molar-refractivity contribution in [3.63, 3.8) is 0 Å². The molecule has 1 aliphatic carbocycles. The van der Waals surface area contributed by atoms with Gasteiger partial charge in [0.1, 0.15) is 5.56 Å². The molecule has 4 heterocycles. The Morgan fingerprint density at radius 2 is 1.88 bits per heavy atom. The second-order valence-electron chi connectivity index (χ2n) is 8.79. The van der Waals surface area contributed by atoms with Crippen LogP contribution in [0.4, 0.5) is 0 Å². The van der Waals surface area contributed by atoms with E-state index in [9.17, 15) is 9.59 Å². The van der Waals surface area contributed by atoms with Crippen molar-refractivity contribution >= 4 is 22.8 Å². The van der Waals surface area contributed by atoms with Gasteiger partial charge in [-0.2, -0.15) is 0 Å². The summed E-state index contributed by atoms with van der Waals surface area (Å²) in [6, 6.07) is 11.8. The van der Waals surface area contributed by atoms with E-state index in [1.54, 1.807) is 12.4 Å². The number of para-hydroxylation sites is 1. The highest BCUT2D eigenvalue weighted by atomic mass is 16.6. The van der Waals surface area contributed by atoms with E-state index in [0.29, 0.717) is 37.6 Å². The lowest BCUT2D eigenvalue weighted by Gasteiger charge is -2.27. The predicted octanol–water partition coefficient (Wildman–Crippen LogP) is 3.36. The number of carbonyl (C=O) groups is 2. The Morgan fingerprint density at radius 1 is 1.09 bits per heavy atom. The molecule has 1 amide bonds. The zero-order valence-corrected chi connectivity index (χ0v) is 17.8. The van der Waals surface area contributed by atoms with Gasteiger partial charge in [-0.15, -0.1) is 0 Å². The van der Waals surface area contributed by atoms with Crippen LogP contribution in [0.15, 0.2) is 48.8 Å². The lowest BCUT2D eigenvalue weighted by atomic mass is 9.90. The van der Waals surface area contributed by atoms with Crippen molar-refractivity contribution in [2.45, 2.75) is 37.2 Å². The summed E-state index contributed by atoms with van der Waals surface area (Å²) in [6.45, 7) is 3.16. The number of hydrogen-bond acceptors (Lipinski definition) is 6. The van der Waals surface area contributed by atoms with Crippen LogP contribution in [0.1, 0.15) is 47.7 Å². The van der Waals surface area contributed by atoms with Gasteiger partial charge in [0.15, 0.2) is 5.60 Å². The van der Waals surface area contributed by atoms with E-state index < -0.39 is 17.0 Å². The second-order valence-corrected chi connectivity index (χ2v) is 8.79. The van der Waals surface area contributed by atoms with Gasteiger partial charge in [-0.25, -0.2) is 9.78 Å². The quantitative estimate of drug-likeness (QED) is 0.592. The fourth-order valence-corrected chi connectivity index (χ4v) is 5.35. The fourth-order valence-electron chi connectivity index (χ4n) is 5.35. The van der Waals surface area contributed by atoms with E-state index in [1.165, 1.54) is 0 Å². The highest BCUT2D eigenvalue weighted by Crippen LogP contribution is 2.53. The van der Waals surface area contributed by atoms with Gasteiger partial charge < -0.3 is 14.4 Å². The number of hydrogen-bond donors (Lipinski definition) is 0. The molecule has 7 heteroatoms. The van der Waals surface area contributed by atoms with Crippen LogP contribution in [0.25, 0.3) is 10.9 Å². The highest BCUT2D eigenvalue weighted by Gasteiger charge is 2.58. The summed E-state index contributed by atoms with van der Waals surface area (Å²) < 4.78 is 11.5. The van der Waals surface area contributed by atoms with Crippen LogP contribution in [-0.4, -0.2) is 46.4 Å². The molecule has 0 radical (unpaired) electrons. The maximum Gasteiger partial charge on any atom is 0.345 e. The minimum absolute atomic E-state index is 0.106. The van der Waals surface area contributed by atoms with Gasteiger partial charge in [0.2, 0.25) is 11.8 Å². The SMILES string of the molecule is CCOc1nccc2c1C(=O)OC21CCN(C(=O)C2(c3ccnc4ccccc34)CC2)C1. The third-order valence-corrected chi connectivity index (χ3v) is 7.02. The van der Waals surface area contributed by atoms with Gasteiger partial charge in [0.05, 0.1) is 24.1 Å². The standard InChI is InChI=1S/C25H23N3O4/c1-2-31-21-20-18(8-13-27-21)25(32-22(20)29)11-14-28(15-25)23(30)24(9-10-24)17-7-12-26-19-6-4-3-5-16(17)19/h3-8,12-13H,2,9-11,14-15H2,1H3. The van der Waals surface area contributed by atoms with E-state index >= 15 is 0 Å². The summed E-state index contributed by atoms with van der Waals surface area (Å²) in [5, 5.41) is 1.03. The third-order valence-electron chi connectivity index (χ3n) is 7.02. The minimum Gasteiger partial charge on any atom is -0.477 e. The smallest absolute Gasteiger partial charge is 0.345 e. The Morgan fingerprint density at radius 3 is 2.69 bits per heavy atom. The van der Waals surface area contributed by atoms with Crippen molar-refractivity contribution in [1.29, 1.82) is 0 Å². The minimum atomic E-state index is -0.826. The van der Waals surface area contributed by atoms with Crippen molar-refractivity contribution in [2.75, 3.05) is 19.7 Å². The largest absolute Gasteiger partial charge is 0.477 e. The maximum atomic E-state index is 13.8. The molecule has 2 aromatic heterocycles. The molecule has 1 unspecified atom stereocenters. The van der Waals surface area contributed by atoms with Crippen LogP contribution in [0.2, 0.25) is 0 Å². The summed E-state index contributed by atoms with van der Waals surface area (Å²) >= 11 is 0. The van der Waals surface area contributed by atoms with E-state index in [4.69, 9.17) is 9.47 Å². The molecule has 1 aromatic carbocycles. The van der Waals surface area contributed by atoms with Gasteiger partial charge in [-0.3, -0.25) is 9.78 Å². The molecule has 32 heavy (non-hydrogen) atoms. The predicted molar refractivity (Wildman–Crippen MR) is 116 cm³/mol. The Balaban J connectivity index is 1.33. The number of pyridine rings is 2. The van der Waals surface area contributed by atoms with Gasteiger partial charge in [0, 0.05) is 36.3 Å². The first-order chi connectivity index (χ1) is 15.6. The van der Waals surface area contributed by atoms with Crippen LogP contribution in [0.3, 0.4) is 0 Å². The molecule has 1 saturated heterocycles. The van der Waals surface area contributed by atoms with Gasteiger partial charge in [-0.1, -0.05) is 18.2 Å². The number of carbonyl (C=O) groups excluding carboxylic acids is 2. The van der Waals surface area contributed by atoms with Crippen molar-refractivity contribution in [1.82, 2.24) is 14.9 Å². The molecular weight excluding hydrogens is 406 g/mol. The number of amides is 1. The molecular formula is C25H23N3O4. The molecule has 1 spiro atoms. The second kappa shape index (κ2) is 6.76. The lowest BCUT2D eigenvalue weighted by Crippen LogP contribution is -2.40. The van der Waals surface area contributed by atoms with Gasteiger partial charge in [0.25, 0.3) is 0 Å². The molecule has 0 N–H and O–H groups in total.